The minimum absolute atomic E-state index is 0.615. The van der Waals surface area contributed by atoms with Gasteiger partial charge in [0.2, 0.25) is 5.95 Å². The number of halogens is 3. The highest BCUT2D eigenvalue weighted by molar-refractivity contribution is 9.11. The first kappa shape index (κ1) is 15.7. The number of aromatic nitrogens is 2. The molecule has 0 aliphatic rings. The molecule has 0 aliphatic carbocycles. The van der Waals surface area contributed by atoms with Crippen molar-refractivity contribution in [3.8, 4) is 0 Å². The van der Waals surface area contributed by atoms with Gasteiger partial charge >= 0.3 is 0 Å². The number of anilines is 3. The Bertz CT molecular complexity index is 604. The Hall–Kier alpha value is -0.660. The van der Waals surface area contributed by atoms with Gasteiger partial charge in [0.25, 0.3) is 0 Å². The van der Waals surface area contributed by atoms with Crippen LogP contribution in [0.25, 0.3) is 0 Å². The van der Waals surface area contributed by atoms with Crippen molar-refractivity contribution in [2.45, 2.75) is 13.3 Å². The van der Waals surface area contributed by atoms with Gasteiger partial charge in [-0.3, -0.25) is 0 Å². The lowest BCUT2D eigenvalue weighted by molar-refractivity contribution is 0.952. The van der Waals surface area contributed by atoms with Crippen LogP contribution in [0.15, 0.2) is 37.8 Å². The zero-order valence-corrected chi connectivity index (χ0v) is 15.5. The fourth-order valence-electron chi connectivity index (χ4n) is 1.50. The molecule has 0 radical (unpaired) electrons. The van der Waals surface area contributed by atoms with Crippen LogP contribution in [0.2, 0.25) is 0 Å². The zero-order valence-electron chi connectivity index (χ0n) is 10.8. The Morgan fingerprint density at radius 2 is 1.95 bits per heavy atom. The Morgan fingerprint density at radius 3 is 2.70 bits per heavy atom. The Labute approximate surface area is 143 Å². The summed E-state index contributed by atoms with van der Waals surface area (Å²) in [6.07, 6.45) is 2.76. The van der Waals surface area contributed by atoms with Gasteiger partial charge in [-0.25, -0.2) is 4.98 Å². The van der Waals surface area contributed by atoms with Gasteiger partial charge in [-0.15, -0.1) is 0 Å². The highest BCUT2D eigenvalue weighted by Crippen LogP contribution is 2.31. The van der Waals surface area contributed by atoms with E-state index in [0.717, 1.165) is 37.9 Å². The molecule has 7 heteroatoms. The van der Waals surface area contributed by atoms with Crippen LogP contribution >= 0.6 is 47.8 Å². The largest absolute Gasteiger partial charge is 0.354 e. The normalized spacial score (nSPS) is 10.4. The molecule has 0 amide bonds. The van der Waals surface area contributed by atoms with Crippen molar-refractivity contribution in [3.05, 3.63) is 37.8 Å². The molecule has 1 aromatic heterocycles. The molecule has 1 heterocycles. The molecule has 2 aromatic rings. The van der Waals surface area contributed by atoms with E-state index in [4.69, 9.17) is 0 Å². The smallest absolute Gasteiger partial charge is 0.224 e. The lowest BCUT2D eigenvalue weighted by Crippen LogP contribution is -2.06. The van der Waals surface area contributed by atoms with Crippen LogP contribution in [0.4, 0.5) is 17.5 Å². The van der Waals surface area contributed by atoms with Crippen LogP contribution in [0.1, 0.15) is 13.3 Å². The van der Waals surface area contributed by atoms with Gasteiger partial charge in [0.15, 0.2) is 0 Å². The predicted octanol–water partition coefficient (Wildman–Crippen LogP) is 5.33. The van der Waals surface area contributed by atoms with E-state index in [1.807, 2.05) is 18.2 Å². The van der Waals surface area contributed by atoms with E-state index >= 15 is 0 Å². The first-order valence-electron chi connectivity index (χ1n) is 6.08. The average Bonchev–Trinajstić information content (AvgIpc) is 2.43. The molecule has 2 N–H and O–H groups in total. The van der Waals surface area contributed by atoms with E-state index in [0.29, 0.717) is 5.95 Å². The third-order valence-corrected chi connectivity index (χ3v) is 4.22. The van der Waals surface area contributed by atoms with E-state index in [-0.39, 0.29) is 0 Å². The Morgan fingerprint density at radius 1 is 1.15 bits per heavy atom. The molecular formula is C13H13Br3N4. The number of hydrogen-bond acceptors (Lipinski definition) is 4. The number of hydrogen-bond donors (Lipinski definition) is 2. The summed E-state index contributed by atoms with van der Waals surface area (Å²) in [6.45, 7) is 2.95. The van der Waals surface area contributed by atoms with Crippen LogP contribution in [0.3, 0.4) is 0 Å². The maximum atomic E-state index is 4.46. The fraction of sp³-hybridized carbons (Fsp3) is 0.231. The van der Waals surface area contributed by atoms with Crippen LogP contribution in [-0.2, 0) is 0 Å². The maximum absolute atomic E-state index is 4.46. The molecule has 4 nitrogen and oxygen atoms in total. The van der Waals surface area contributed by atoms with Crippen LogP contribution in [-0.4, -0.2) is 16.5 Å². The first-order valence-corrected chi connectivity index (χ1v) is 8.46. The number of nitrogens with one attached hydrogen (secondary N) is 2. The number of rotatable bonds is 5. The Balaban J connectivity index is 2.25. The first-order chi connectivity index (χ1) is 9.60. The third-order valence-electron chi connectivity index (χ3n) is 2.46. The maximum Gasteiger partial charge on any atom is 0.224 e. The summed E-state index contributed by atoms with van der Waals surface area (Å²) in [5, 5.41) is 6.45. The second-order valence-corrected chi connectivity index (χ2v) is 6.69. The quantitative estimate of drug-likeness (QED) is 0.628. The van der Waals surface area contributed by atoms with Gasteiger partial charge in [0.1, 0.15) is 5.82 Å². The summed E-state index contributed by atoms with van der Waals surface area (Å²) in [6, 6.07) is 5.92. The molecule has 0 unspecified atom stereocenters. The predicted molar refractivity (Wildman–Crippen MR) is 93.6 cm³/mol. The summed E-state index contributed by atoms with van der Waals surface area (Å²) in [5.74, 6) is 1.33. The monoisotopic (exact) mass is 462 g/mol. The fourth-order valence-corrected chi connectivity index (χ4v) is 2.49. The number of benzene rings is 1. The van der Waals surface area contributed by atoms with Crippen molar-refractivity contribution in [1.82, 2.24) is 9.97 Å². The summed E-state index contributed by atoms with van der Waals surface area (Å²) in [5.41, 5.74) is 0.931. The van der Waals surface area contributed by atoms with E-state index in [2.05, 4.69) is 75.3 Å². The molecular weight excluding hydrogens is 452 g/mol. The van der Waals surface area contributed by atoms with Crippen LogP contribution < -0.4 is 10.6 Å². The Kier molecular flexibility index (Phi) is 5.80. The average molecular weight is 465 g/mol. The zero-order chi connectivity index (χ0) is 14.5. The van der Waals surface area contributed by atoms with Crippen molar-refractivity contribution in [2.24, 2.45) is 0 Å². The van der Waals surface area contributed by atoms with Gasteiger partial charge in [0.05, 0.1) is 10.2 Å². The van der Waals surface area contributed by atoms with Gasteiger partial charge in [-0.2, -0.15) is 4.98 Å². The molecule has 20 heavy (non-hydrogen) atoms. The molecule has 0 atom stereocenters. The summed E-state index contributed by atoms with van der Waals surface area (Å²) in [7, 11) is 0. The van der Waals surface area contributed by atoms with Gasteiger partial charge < -0.3 is 10.6 Å². The lowest BCUT2D eigenvalue weighted by atomic mass is 10.3. The molecule has 2 rings (SSSR count). The molecule has 0 saturated heterocycles. The molecule has 0 fully saturated rings. The van der Waals surface area contributed by atoms with E-state index in [9.17, 15) is 0 Å². The third kappa shape index (κ3) is 4.17. The van der Waals surface area contributed by atoms with E-state index in [1.165, 1.54) is 0 Å². The van der Waals surface area contributed by atoms with E-state index in [1.54, 1.807) is 6.20 Å². The van der Waals surface area contributed by atoms with Crippen molar-refractivity contribution in [1.29, 1.82) is 0 Å². The summed E-state index contributed by atoms with van der Waals surface area (Å²) < 4.78 is 2.78. The van der Waals surface area contributed by atoms with Crippen molar-refractivity contribution < 1.29 is 0 Å². The highest BCUT2D eigenvalue weighted by Gasteiger charge is 2.08. The van der Waals surface area contributed by atoms with Gasteiger partial charge in [-0.1, -0.05) is 22.9 Å². The minimum Gasteiger partial charge on any atom is -0.354 e. The molecule has 0 bridgehead atoms. The molecule has 0 spiro atoms. The van der Waals surface area contributed by atoms with Crippen molar-refractivity contribution in [3.63, 3.8) is 0 Å². The van der Waals surface area contributed by atoms with Crippen LogP contribution in [0.5, 0.6) is 0 Å². The van der Waals surface area contributed by atoms with Gasteiger partial charge in [-0.05, 0) is 56.5 Å². The SMILES string of the molecule is CCCNc1ncc(Br)c(Nc2cc(Br)ccc2Br)n1. The standard InChI is InChI=1S/C13H13Br3N4/c1-2-5-17-13-18-7-10(16)12(20-13)19-11-6-8(14)3-4-9(11)15/h3-4,6-7H,2,5H2,1H3,(H2,17,18,19,20). The molecule has 106 valence electrons. The topological polar surface area (TPSA) is 49.8 Å². The lowest BCUT2D eigenvalue weighted by Gasteiger charge is -2.11. The second kappa shape index (κ2) is 7.38. The second-order valence-electron chi connectivity index (χ2n) is 4.07. The molecule has 0 saturated carbocycles. The highest BCUT2D eigenvalue weighted by atomic mass is 79.9. The van der Waals surface area contributed by atoms with Crippen molar-refractivity contribution in [2.75, 3.05) is 17.2 Å². The van der Waals surface area contributed by atoms with Crippen molar-refractivity contribution >= 4 is 65.2 Å². The summed E-state index contributed by atoms with van der Waals surface area (Å²) in [4.78, 5) is 8.69. The van der Waals surface area contributed by atoms with E-state index < -0.39 is 0 Å². The molecule has 0 aliphatic heterocycles. The number of nitrogens with zero attached hydrogens (tertiary/aromatic N) is 2. The van der Waals surface area contributed by atoms with Gasteiger partial charge in [0, 0.05) is 21.7 Å². The van der Waals surface area contributed by atoms with Crippen LogP contribution in [0, 0.1) is 0 Å². The molecule has 1 aromatic carbocycles. The minimum atomic E-state index is 0.615. The summed E-state index contributed by atoms with van der Waals surface area (Å²) >= 11 is 10.4.